The molecule has 0 aliphatic carbocycles. The molecule has 1 amide bonds. The van der Waals surface area contributed by atoms with Gasteiger partial charge in [0.15, 0.2) is 0 Å². The number of amides is 1. The van der Waals surface area contributed by atoms with Crippen molar-refractivity contribution >= 4 is 16.8 Å². The van der Waals surface area contributed by atoms with E-state index in [9.17, 15) is 9.59 Å². The molecule has 1 N–H and O–H groups in total. The predicted molar refractivity (Wildman–Crippen MR) is 104 cm³/mol. The molecular weight excluding hydrogens is 324 g/mol. The van der Waals surface area contributed by atoms with E-state index in [1.165, 1.54) is 11.1 Å². The van der Waals surface area contributed by atoms with E-state index < -0.39 is 0 Å². The summed E-state index contributed by atoms with van der Waals surface area (Å²) < 4.78 is 2.04. The fraction of sp³-hybridized carbons (Fsp3) is 0.273. The van der Waals surface area contributed by atoms with Gasteiger partial charge in [-0.3, -0.25) is 9.59 Å². The maximum Gasteiger partial charge on any atom is 0.256 e. The highest BCUT2D eigenvalue weighted by molar-refractivity contribution is 5.98. The van der Waals surface area contributed by atoms with Gasteiger partial charge in [0.25, 0.3) is 5.91 Å². The Morgan fingerprint density at radius 3 is 2.77 bits per heavy atom. The van der Waals surface area contributed by atoms with Gasteiger partial charge in [-0.2, -0.15) is 0 Å². The van der Waals surface area contributed by atoms with Gasteiger partial charge in [0, 0.05) is 24.2 Å². The van der Waals surface area contributed by atoms with E-state index in [0.29, 0.717) is 5.39 Å². The van der Waals surface area contributed by atoms with Crippen LogP contribution in [0.5, 0.6) is 0 Å². The zero-order chi connectivity index (χ0) is 18.1. The van der Waals surface area contributed by atoms with E-state index in [-0.39, 0.29) is 22.9 Å². The van der Waals surface area contributed by atoms with Crippen LogP contribution in [0.3, 0.4) is 0 Å². The van der Waals surface area contributed by atoms with Crippen molar-refractivity contribution in [3.63, 3.8) is 0 Å². The number of nitrogens with one attached hydrogen (secondary N) is 1. The van der Waals surface area contributed by atoms with Crippen molar-refractivity contribution in [3.05, 3.63) is 81.6 Å². The zero-order valence-corrected chi connectivity index (χ0v) is 14.9. The van der Waals surface area contributed by atoms with Gasteiger partial charge in [0.1, 0.15) is 5.56 Å². The lowest BCUT2D eigenvalue weighted by atomic mass is 10.1. The average Bonchev–Trinajstić information content (AvgIpc) is 3.08. The molecule has 1 atom stereocenters. The molecule has 3 aromatic rings. The molecule has 0 fully saturated rings. The summed E-state index contributed by atoms with van der Waals surface area (Å²) in [6, 6.07) is 16.0. The quantitative estimate of drug-likeness (QED) is 0.770. The van der Waals surface area contributed by atoms with Crippen LogP contribution in [0.2, 0.25) is 0 Å². The van der Waals surface area contributed by atoms with Crippen LogP contribution >= 0.6 is 0 Å². The molecule has 0 bridgehead atoms. The molecule has 1 aliphatic rings. The maximum absolute atomic E-state index is 12.8. The van der Waals surface area contributed by atoms with Gasteiger partial charge < -0.3 is 9.88 Å². The molecule has 4 rings (SSSR count). The van der Waals surface area contributed by atoms with Gasteiger partial charge in [0.2, 0.25) is 5.43 Å². The summed E-state index contributed by atoms with van der Waals surface area (Å²) in [6.45, 7) is 2.80. The number of hydrogen-bond acceptors (Lipinski definition) is 2. The molecule has 0 saturated carbocycles. The first-order valence-electron chi connectivity index (χ1n) is 9.13. The molecule has 0 saturated heterocycles. The Balaban J connectivity index is 1.52. The highest BCUT2D eigenvalue weighted by Crippen LogP contribution is 2.23. The Hall–Kier alpha value is -2.88. The number of hydrogen-bond donors (Lipinski definition) is 1. The molecule has 2 heterocycles. The predicted octanol–water partition coefficient (Wildman–Crippen LogP) is 3.31. The molecule has 0 radical (unpaired) electrons. The summed E-state index contributed by atoms with van der Waals surface area (Å²) in [7, 11) is 0. The van der Waals surface area contributed by atoms with Gasteiger partial charge in [-0.05, 0) is 43.4 Å². The normalized spacial score (nSPS) is 13.7. The smallest absolute Gasteiger partial charge is 0.256 e. The number of para-hydroxylation sites is 1. The van der Waals surface area contributed by atoms with Crippen molar-refractivity contribution in [2.45, 2.75) is 38.8 Å². The Bertz CT molecular complexity index is 1020. The van der Waals surface area contributed by atoms with Crippen LogP contribution in [0.15, 0.2) is 59.5 Å². The molecule has 4 nitrogen and oxygen atoms in total. The second-order valence-corrected chi connectivity index (χ2v) is 7.03. The molecule has 26 heavy (non-hydrogen) atoms. The molecular formula is C22H22N2O2. The van der Waals surface area contributed by atoms with Crippen LogP contribution in [0.1, 0.15) is 34.8 Å². The van der Waals surface area contributed by atoms with E-state index in [4.69, 9.17) is 0 Å². The SMILES string of the molecule is CC(CCc1ccccc1)NC(=O)c1cn2c3c(cccc3c1=O)CC2. The monoisotopic (exact) mass is 346 g/mol. The second-order valence-electron chi connectivity index (χ2n) is 7.03. The minimum atomic E-state index is -0.279. The zero-order valence-electron chi connectivity index (χ0n) is 14.9. The number of nitrogens with zero attached hydrogens (tertiary/aromatic N) is 1. The standard InChI is InChI=1S/C22H22N2O2/c1-15(10-11-16-6-3-2-4-7-16)23-22(26)19-14-24-13-12-17-8-5-9-18(20(17)24)21(19)25/h2-9,14-15H,10-13H2,1H3,(H,23,26). The van der Waals surface area contributed by atoms with Gasteiger partial charge in [-0.15, -0.1) is 0 Å². The molecule has 4 heteroatoms. The number of carbonyl (C=O) groups is 1. The lowest BCUT2D eigenvalue weighted by Crippen LogP contribution is -2.36. The third kappa shape index (κ3) is 3.03. The van der Waals surface area contributed by atoms with E-state index in [2.05, 4.69) is 23.5 Å². The summed E-state index contributed by atoms with van der Waals surface area (Å²) in [5, 5.41) is 3.63. The van der Waals surface area contributed by atoms with Gasteiger partial charge in [-0.1, -0.05) is 42.5 Å². The van der Waals surface area contributed by atoms with Crippen LogP contribution in [0.4, 0.5) is 0 Å². The van der Waals surface area contributed by atoms with Crippen molar-refractivity contribution in [2.24, 2.45) is 0 Å². The van der Waals surface area contributed by atoms with E-state index in [1.54, 1.807) is 6.20 Å². The summed E-state index contributed by atoms with van der Waals surface area (Å²) >= 11 is 0. The largest absolute Gasteiger partial charge is 0.349 e. The second kappa shape index (κ2) is 6.79. The first kappa shape index (κ1) is 16.6. The van der Waals surface area contributed by atoms with Gasteiger partial charge in [0.05, 0.1) is 5.52 Å². The van der Waals surface area contributed by atoms with Crippen LogP contribution in [-0.2, 0) is 19.4 Å². The minimum Gasteiger partial charge on any atom is -0.349 e. The third-order valence-corrected chi connectivity index (χ3v) is 5.13. The molecule has 1 aromatic heterocycles. The summed E-state index contributed by atoms with van der Waals surface area (Å²) in [5.74, 6) is -0.279. The molecule has 2 aromatic carbocycles. The Kier molecular flexibility index (Phi) is 4.33. The van der Waals surface area contributed by atoms with E-state index in [1.807, 2.05) is 41.8 Å². The van der Waals surface area contributed by atoms with E-state index >= 15 is 0 Å². The average molecular weight is 346 g/mol. The van der Waals surface area contributed by atoms with Crippen molar-refractivity contribution < 1.29 is 4.79 Å². The number of aromatic nitrogens is 1. The molecule has 132 valence electrons. The molecule has 1 aliphatic heterocycles. The highest BCUT2D eigenvalue weighted by atomic mass is 16.2. The number of aryl methyl sites for hydroxylation is 3. The Morgan fingerprint density at radius 2 is 1.96 bits per heavy atom. The summed E-state index contributed by atoms with van der Waals surface area (Å²) in [4.78, 5) is 25.5. The van der Waals surface area contributed by atoms with Crippen LogP contribution in [0.25, 0.3) is 10.9 Å². The van der Waals surface area contributed by atoms with Crippen molar-refractivity contribution in [1.82, 2.24) is 9.88 Å². The van der Waals surface area contributed by atoms with E-state index in [0.717, 1.165) is 31.3 Å². The first-order valence-corrected chi connectivity index (χ1v) is 9.13. The minimum absolute atomic E-state index is 0.00251. The maximum atomic E-state index is 12.8. The number of carbonyl (C=O) groups excluding carboxylic acids is 1. The highest BCUT2D eigenvalue weighted by Gasteiger charge is 2.21. The third-order valence-electron chi connectivity index (χ3n) is 5.13. The fourth-order valence-corrected chi connectivity index (χ4v) is 3.72. The fourth-order valence-electron chi connectivity index (χ4n) is 3.72. The molecule has 0 spiro atoms. The topological polar surface area (TPSA) is 51.1 Å². The summed E-state index contributed by atoms with van der Waals surface area (Å²) in [5.41, 5.74) is 3.48. The van der Waals surface area contributed by atoms with Gasteiger partial charge in [-0.25, -0.2) is 0 Å². The summed E-state index contributed by atoms with van der Waals surface area (Å²) in [6.07, 6.45) is 4.37. The van der Waals surface area contributed by atoms with Crippen molar-refractivity contribution in [1.29, 1.82) is 0 Å². The van der Waals surface area contributed by atoms with Crippen LogP contribution < -0.4 is 10.7 Å². The van der Waals surface area contributed by atoms with Crippen LogP contribution in [0, 0.1) is 0 Å². The van der Waals surface area contributed by atoms with Gasteiger partial charge >= 0.3 is 0 Å². The Morgan fingerprint density at radius 1 is 1.15 bits per heavy atom. The first-order chi connectivity index (χ1) is 12.6. The Labute approximate surface area is 152 Å². The van der Waals surface area contributed by atoms with Crippen LogP contribution in [-0.4, -0.2) is 16.5 Å². The number of rotatable bonds is 5. The van der Waals surface area contributed by atoms with Crippen molar-refractivity contribution in [3.8, 4) is 0 Å². The number of benzene rings is 2. The van der Waals surface area contributed by atoms with Crippen molar-refractivity contribution in [2.75, 3.05) is 0 Å². The number of pyridine rings is 1. The molecule has 1 unspecified atom stereocenters. The lowest BCUT2D eigenvalue weighted by Gasteiger charge is -2.15. The lowest BCUT2D eigenvalue weighted by molar-refractivity contribution is 0.0937.